The Kier molecular flexibility index (Phi) is 5.49. The van der Waals surface area contributed by atoms with Gasteiger partial charge in [-0.1, -0.05) is 24.5 Å². The largest absolute Gasteiger partial charge is 0.312 e. The van der Waals surface area contributed by atoms with Crippen LogP contribution in [0.25, 0.3) is 0 Å². The Morgan fingerprint density at radius 3 is 2.62 bits per heavy atom. The highest BCUT2D eigenvalue weighted by Gasteiger charge is 2.18. The van der Waals surface area contributed by atoms with E-state index in [4.69, 9.17) is 0 Å². The molecule has 0 aromatic rings. The monoisotopic (exact) mass is 245 g/mol. The molecule has 16 heavy (non-hydrogen) atoms. The number of likely N-dealkylation sites (N-methyl/N-ethyl adjacent to an activating group) is 1. The number of hydrogen-bond acceptors (Lipinski definition) is 3. The first-order valence-corrected chi connectivity index (χ1v) is 8.13. The van der Waals surface area contributed by atoms with Crippen LogP contribution in [-0.2, 0) is 9.84 Å². The third kappa shape index (κ3) is 5.12. The highest BCUT2D eigenvalue weighted by Crippen LogP contribution is 2.20. The van der Waals surface area contributed by atoms with Gasteiger partial charge in [-0.2, -0.15) is 0 Å². The van der Waals surface area contributed by atoms with Gasteiger partial charge in [-0.3, -0.25) is 0 Å². The van der Waals surface area contributed by atoms with Crippen molar-refractivity contribution in [1.82, 2.24) is 5.32 Å². The number of rotatable bonds is 4. The van der Waals surface area contributed by atoms with Gasteiger partial charge in [0.25, 0.3) is 0 Å². The minimum Gasteiger partial charge on any atom is -0.312 e. The average molecular weight is 245 g/mol. The fraction of sp³-hybridized carbons (Fsp3) is 0.833. The van der Waals surface area contributed by atoms with E-state index < -0.39 is 9.84 Å². The lowest BCUT2D eigenvalue weighted by Gasteiger charge is -2.21. The fourth-order valence-electron chi connectivity index (χ4n) is 2.21. The summed E-state index contributed by atoms with van der Waals surface area (Å²) in [4.78, 5) is 0. The van der Waals surface area contributed by atoms with Crippen LogP contribution in [0, 0.1) is 0 Å². The van der Waals surface area contributed by atoms with E-state index in [1.54, 1.807) is 0 Å². The van der Waals surface area contributed by atoms with Gasteiger partial charge in [0.1, 0.15) is 9.84 Å². The zero-order chi connectivity index (χ0) is 12.0. The minimum atomic E-state index is -2.91. The molecule has 94 valence electrons. The Labute approximate surface area is 99.2 Å². The molecule has 0 amide bonds. The van der Waals surface area contributed by atoms with Gasteiger partial charge in [-0.15, -0.1) is 0 Å². The molecule has 3 nitrogen and oxygen atoms in total. The van der Waals surface area contributed by atoms with Gasteiger partial charge in [0.15, 0.2) is 0 Å². The molecule has 0 saturated heterocycles. The molecule has 1 aliphatic rings. The summed E-state index contributed by atoms with van der Waals surface area (Å²) in [6.45, 7) is 0. The molecule has 0 heterocycles. The number of allylic oxidation sites excluding steroid dienone is 1. The maximum Gasteiger partial charge on any atom is 0.149 e. The van der Waals surface area contributed by atoms with Crippen LogP contribution >= 0.6 is 0 Å². The lowest BCUT2D eigenvalue weighted by atomic mass is 9.96. The maximum absolute atomic E-state index is 11.3. The summed E-state index contributed by atoms with van der Waals surface area (Å²) in [5.41, 5.74) is 1.28. The first-order chi connectivity index (χ1) is 7.53. The van der Waals surface area contributed by atoms with Crippen LogP contribution in [0.15, 0.2) is 11.6 Å². The first-order valence-electron chi connectivity index (χ1n) is 6.07. The van der Waals surface area contributed by atoms with E-state index in [0.717, 1.165) is 12.8 Å². The van der Waals surface area contributed by atoms with Gasteiger partial charge < -0.3 is 5.32 Å². The molecule has 0 aromatic carbocycles. The number of sulfone groups is 1. The summed E-state index contributed by atoms with van der Waals surface area (Å²) < 4.78 is 22.7. The molecule has 0 radical (unpaired) electrons. The Hall–Kier alpha value is -0.350. The van der Waals surface area contributed by atoms with Crippen molar-refractivity contribution in [2.75, 3.05) is 19.1 Å². The average Bonchev–Trinajstić information content (AvgIpc) is 2.12. The zero-order valence-electron chi connectivity index (χ0n) is 10.3. The molecule has 0 saturated carbocycles. The third-order valence-electron chi connectivity index (χ3n) is 3.09. The van der Waals surface area contributed by atoms with Crippen LogP contribution in [-0.4, -0.2) is 33.5 Å². The summed E-state index contributed by atoms with van der Waals surface area (Å²) >= 11 is 0. The van der Waals surface area contributed by atoms with Crippen LogP contribution in [0.5, 0.6) is 0 Å². The van der Waals surface area contributed by atoms with Crippen molar-refractivity contribution < 1.29 is 8.42 Å². The van der Waals surface area contributed by atoms with E-state index in [1.807, 2.05) is 7.05 Å². The molecule has 0 fully saturated rings. The van der Waals surface area contributed by atoms with Crippen molar-refractivity contribution in [3.8, 4) is 0 Å². The maximum atomic E-state index is 11.3. The van der Waals surface area contributed by atoms with Gasteiger partial charge in [0, 0.05) is 12.3 Å². The first kappa shape index (κ1) is 13.7. The fourth-order valence-corrected chi connectivity index (χ4v) is 3.20. The molecule has 1 atom stereocenters. The van der Waals surface area contributed by atoms with Crippen molar-refractivity contribution in [3.05, 3.63) is 11.6 Å². The predicted octanol–water partition coefficient (Wildman–Crippen LogP) is 1.90. The van der Waals surface area contributed by atoms with Crippen LogP contribution in [0.3, 0.4) is 0 Å². The molecule has 1 N–H and O–H groups in total. The molecule has 0 spiro atoms. The zero-order valence-corrected chi connectivity index (χ0v) is 11.1. The Balaban J connectivity index is 2.69. The third-order valence-corrected chi connectivity index (χ3v) is 4.03. The summed E-state index contributed by atoms with van der Waals surface area (Å²) in [6.07, 6.45) is 10.7. The van der Waals surface area contributed by atoms with Gasteiger partial charge >= 0.3 is 0 Å². The summed E-state index contributed by atoms with van der Waals surface area (Å²) in [5, 5.41) is 3.13. The van der Waals surface area contributed by atoms with Crippen LogP contribution in [0.1, 0.15) is 38.5 Å². The second kappa shape index (κ2) is 6.40. The lowest BCUT2D eigenvalue weighted by Crippen LogP contribution is -2.34. The van der Waals surface area contributed by atoms with Crippen LogP contribution < -0.4 is 5.32 Å². The second-order valence-corrected chi connectivity index (χ2v) is 6.85. The van der Waals surface area contributed by atoms with Crippen molar-refractivity contribution in [3.63, 3.8) is 0 Å². The summed E-state index contributed by atoms with van der Waals surface area (Å²) in [7, 11) is -1.07. The van der Waals surface area contributed by atoms with E-state index in [0.29, 0.717) is 0 Å². The highest BCUT2D eigenvalue weighted by atomic mass is 32.2. The molecule has 0 aliphatic heterocycles. The van der Waals surface area contributed by atoms with Crippen molar-refractivity contribution >= 4 is 9.84 Å². The lowest BCUT2D eigenvalue weighted by molar-refractivity contribution is 0.564. The quantitative estimate of drug-likeness (QED) is 0.770. The minimum absolute atomic E-state index is 0.00750. The predicted molar refractivity (Wildman–Crippen MR) is 68.3 cm³/mol. The molecule has 0 bridgehead atoms. The molecule has 4 heteroatoms. The van der Waals surface area contributed by atoms with E-state index in [-0.39, 0.29) is 11.8 Å². The topological polar surface area (TPSA) is 46.2 Å². The van der Waals surface area contributed by atoms with Crippen LogP contribution in [0.4, 0.5) is 0 Å². The number of hydrogen-bond donors (Lipinski definition) is 1. The molecule has 0 aromatic heterocycles. The van der Waals surface area contributed by atoms with Crippen molar-refractivity contribution in [2.24, 2.45) is 0 Å². The summed E-state index contributed by atoms with van der Waals surface area (Å²) in [5.74, 6) is 0.218. The van der Waals surface area contributed by atoms with E-state index in [9.17, 15) is 8.42 Å². The Bertz CT molecular complexity index is 333. The van der Waals surface area contributed by atoms with Crippen molar-refractivity contribution in [1.29, 1.82) is 0 Å². The molecule has 1 rings (SSSR count). The van der Waals surface area contributed by atoms with Gasteiger partial charge in [-0.25, -0.2) is 8.42 Å². The Morgan fingerprint density at radius 1 is 1.31 bits per heavy atom. The molecular formula is C12H23NO2S. The normalized spacial score (nSPS) is 20.8. The Morgan fingerprint density at radius 2 is 2.00 bits per heavy atom. The second-order valence-electron chi connectivity index (χ2n) is 4.67. The highest BCUT2D eigenvalue weighted by molar-refractivity contribution is 7.90. The van der Waals surface area contributed by atoms with Crippen molar-refractivity contribution in [2.45, 2.75) is 44.6 Å². The molecular weight excluding hydrogens is 222 g/mol. The van der Waals surface area contributed by atoms with Gasteiger partial charge in [0.05, 0.1) is 5.75 Å². The van der Waals surface area contributed by atoms with Gasteiger partial charge in [-0.05, 0) is 32.7 Å². The van der Waals surface area contributed by atoms with Gasteiger partial charge in [0.2, 0.25) is 0 Å². The number of nitrogens with one attached hydrogen (secondary N) is 1. The smallest absolute Gasteiger partial charge is 0.149 e. The SMILES string of the molecule is CNC(CS(C)(=O)=O)C1=CCCCCCC1. The van der Waals surface area contributed by atoms with Crippen LogP contribution in [0.2, 0.25) is 0 Å². The molecule has 1 unspecified atom stereocenters. The van der Waals surface area contributed by atoms with E-state index in [1.165, 1.54) is 37.5 Å². The van der Waals surface area contributed by atoms with E-state index in [2.05, 4.69) is 11.4 Å². The standard InChI is InChI=1S/C12H23NO2S/c1-13-12(10-16(2,14)15)11-8-6-4-3-5-7-9-11/h8,12-13H,3-7,9-10H2,1-2H3. The van der Waals surface area contributed by atoms with E-state index >= 15 is 0 Å². The summed E-state index contributed by atoms with van der Waals surface area (Å²) in [6, 6.07) is 0.00750. The molecule has 1 aliphatic carbocycles.